The number of anilines is 1. The molecule has 0 amide bonds. The van der Waals surface area contributed by atoms with Gasteiger partial charge >= 0.3 is 0 Å². The first-order valence-electron chi connectivity index (χ1n) is 47.1. The van der Waals surface area contributed by atoms with Gasteiger partial charge in [-0.1, -0.05) is 19.9 Å². The lowest BCUT2D eigenvalue weighted by molar-refractivity contribution is 0.293. The van der Waals surface area contributed by atoms with Crippen LogP contribution in [0.25, 0.3) is 165 Å². The molecule has 6 aliphatic rings. The predicted octanol–water partition coefficient (Wildman–Crippen LogP) is 18.3. The Bertz CT molecular complexity index is 8350. The van der Waals surface area contributed by atoms with Crippen LogP contribution in [0.15, 0.2) is 115 Å². The molecular weight excluding hydrogens is 1710 g/mol. The number of aromatic nitrogens is 25. The number of fused-ring (bicyclic) bond motifs is 25. The number of hydrogen-bond acceptors (Lipinski definition) is 22. The van der Waals surface area contributed by atoms with Crippen molar-refractivity contribution in [3.05, 3.63) is 211 Å². The van der Waals surface area contributed by atoms with Crippen molar-refractivity contribution in [3.8, 4) is 62.4 Å². The smallest absolute Gasteiger partial charge is 0.251 e. The minimum Gasteiger partial charge on any atom is -0.325 e. The highest BCUT2D eigenvalue weighted by molar-refractivity contribution is 7.89. The summed E-state index contributed by atoms with van der Waals surface area (Å²) < 4.78 is 25.2. The minimum atomic E-state index is -3.45. The number of hydrogen-bond donors (Lipinski definition) is 11. The van der Waals surface area contributed by atoms with Crippen LogP contribution < -0.4 is 11.1 Å². The molecule has 0 bridgehead atoms. The quantitative estimate of drug-likeness (QED) is 0.0541. The number of H-pyrrole nitrogens is 9. The molecule has 0 saturated heterocycles. The second-order valence-corrected chi connectivity index (χ2v) is 38.2. The van der Waals surface area contributed by atoms with Gasteiger partial charge in [-0.15, -0.1) is 0 Å². The summed E-state index contributed by atoms with van der Waals surface area (Å²) >= 11 is 0. The molecule has 0 radical (unpaired) electrons. The lowest BCUT2D eigenvalue weighted by Gasteiger charge is -2.22. The van der Waals surface area contributed by atoms with Crippen LogP contribution in [0.4, 0.5) is 5.82 Å². The van der Waals surface area contributed by atoms with E-state index in [1.165, 1.54) is 128 Å². The van der Waals surface area contributed by atoms with Crippen molar-refractivity contribution < 1.29 is 8.42 Å². The minimum absolute atomic E-state index is 0.451. The predicted molar refractivity (Wildman–Crippen MR) is 530 cm³/mol. The fraction of sp³-hybridized carbons (Fsp3) is 0.324. The van der Waals surface area contributed by atoms with Crippen molar-refractivity contribution in [1.29, 1.82) is 5.26 Å². The molecule has 33 heteroatoms. The summed E-state index contributed by atoms with van der Waals surface area (Å²) in [4.78, 5) is 32.2. The molecule has 0 atom stereocenters. The molecule has 20 aromatic rings. The van der Waals surface area contributed by atoms with Gasteiger partial charge in [0.1, 0.15) is 11.9 Å². The maximum Gasteiger partial charge on any atom is 0.251 e. The van der Waals surface area contributed by atoms with Crippen molar-refractivity contribution in [2.45, 2.75) is 190 Å². The van der Waals surface area contributed by atoms with Gasteiger partial charge in [0.2, 0.25) is 0 Å². The van der Waals surface area contributed by atoms with Crippen molar-refractivity contribution in [1.82, 2.24) is 131 Å². The van der Waals surface area contributed by atoms with E-state index in [4.69, 9.17) is 30.7 Å². The number of aromatic amines is 9. The zero-order chi connectivity index (χ0) is 92.0. The maximum atomic E-state index is 12.1. The van der Waals surface area contributed by atoms with Crippen LogP contribution in [0, 0.1) is 45.9 Å². The van der Waals surface area contributed by atoms with E-state index in [-0.39, 0.29) is 0 Å². The lowest BCUT2D eigenvalue weighted by Crippen LogP contribution is -2.22. The molecular formula is C102H104N30O2S. The zero-order valence-corrected chi connectivity index (χ0v) is 77.7. The molecule has 0 saturated carbocycles. The Hall–Kier alpha value is -14.9. The molecule has 16 heterocycles. The largest absolute Gasteiger partial charge is 0.325 e. The summed E-state index contributed by atoms with van der Waals surface area (Å²) in [5, 5.41) is 95.1. The van der Waals surface area contributed by atoms with Crippen molar-refractivity contribution >= 4 is 131 Å². The van der Waals surface area contributed by atoms with Crippen molar-refractivity contribution in [2.75, 3.05) is 31.2 Å². The first-order valence-corrected chi connectivity index (χ1v) is 49.0. The van der Waals surface area contributed by atoms with E-state index in [2.05, 4.69) is 183 Å². The van der Waals surface area contributed by atoms with E-state index in [1.807, 2.05) is 81.4 Å². The summed E-state index contributed by atoms with van der Waals surface area (Å²) in [6, 6.07) is 20.4. The Kier molecular flexibility index (Phi) is 22.4. The molecule has 680 valence electrons. The molecule has 15 aromatic heterocycles. The molecule has 135 heavy (non-hydrogen) atoms. The molecule has 26 rings (SSSR count). The number of nitrogens with two attached hydrogens (primary N) is 1. The molecule has 1 aliphatic heterocycles. The normalized spacial score (nSPS) is 14.6. The highest BCUT2D eigenvalue weighted by atomic mass is 32.2. The molecule has 0 unspecified atom stereocenters. The van der Waals surface area contributed by atoms with E-state index in [0.29, 0.717) is 17.6 Å². The summed E-state index contributed by atoms with van der Waals surface area (Å²) in [7, 11) is -3.45. The van der Waals surface area contributed by atoms with Gasteiger partial charge in [0, 0.05) is 118 Å². The first kappa shape index (κ1) is 85.6. The van der Waals surface area contributed by atoms with Crippen LogP contribution in [0.2, 0.25) is 0 Å². The molecule has 32 nitrogen and oxygen atoms in total. The van der Waals surface area contributed by atoms with Crippen LogP contribution in [0.5, 0.6) is 0 Å². The van der Waals surface area contributed by atoms with E-state index in [9.17, 15) is 13.7 Å². The average molecular weight is 1810 g/mol. The molecule has 12 N–H and O–H groups in total. The Labute approximate surface area is 776 Å². The Morgan fingerprint density at radius 1 is 0.422 bits per heavy atom. The van der Waals surface area contributed by atoms with Crippen LogP contribution in [0.3, 0.4) is 0 Å². The Balaban J connectivity index is 0.0000000981. The topological polar surface area (TPSA) is 452 Å². The molecule has 0 fully saturated rings. The van der Waals surface area contributed by atoms with E-state index < -0.39 is 10.0 Å². The standard InChI is InChI=1S/C23H28N6.C22H21N7.C19H16N6.C19H20N6.C19H19N5O2S/c1-4-29(5-2)13-20-22-19(27-28-20)11-10-18-21(22)15-8-6-7-9-16(15)23(25-18)17-12-24-26-14(17)3;1-12-15(11-24-27-12)21-14-6-3-2-5-13(14)19-16(25-21)8-9-17-20(19)22(29-28-17)26-18-7-4-10-23-18;1-10-14(8-21-24-10)19-13-5-3-2-4-12(13)17-15-9-22-25-16(15)6-11(7-20)18(17)23-19;1-10-13(9-21-23-10)19-12-5-3-2-4-11(12)17-14(22-19)6-7-15-18(17)16(8-20)25-24-15;1-11-14(9-20-23-11)19-13-6-4-3-5-12(13)18-15-10-21-24(27(2,25)26)17(15)8-7-16(18)22-19/h10-12H,4-9,13H2,1-3H3,(H,24,26)(H,27,28);4,7-9,11H,2-3,5-6,10H2,1H3,(H,24,27)(H2,23,26,28,29);6,8-9H,2-5H2,1H3,(H,21,24)(H,22,25);6-7,9H,2-5,8,20H2,1H3,(H,21,23)(H,24,25);7-10H,3-6H2,1-2H3,(H,20,23). The van der Waals surface area contributed by atoms with Crippen molar-refractivity contribution in [2.24, 2.45) is 10.7 Å². The zero-order valence-electron chi connectivity index (χ0n) is 76.9. The summed E-state index contributed by atoms with van der Waals surface area (Å²) in [6.45, 7) is 18.7. The third-order valence-corrected chi connectivity index (χ3v) is 29.3. The monoisotopic (exact) mass is 1810 g/mol. The fourth-order valence-corrected chi connectivity index (χ4v) is 22.5. The van der Waals surface area contributed by atoms with Gasteiger partial charge in [-0.25, -0.2) is 33.3 Å². The van der Waals surface area contributed by atoms with Gasteiger partial charge in [0.15, 0.2) is 5.82 Å². The summed E-state index contributed by atoms with van der Waals surface area (Å²) in [6.07, 6.45) is 40.3. The van der Waals surface area contributed by atoms with Crippen LogP contribution >= 0.6 is 0 Å². The number of nitriles is 1. The van der Waals surface area contributed by atoms with Gasteiger partial charge in [-0.2, -0.15) is 60.3 Å². The lowest BCUT2D eigenvalue weighted by atomic mass is 9.85. The van der Waals surface area contributed by atoms with E-state index >= 15 is 0 Å². The Morgan fingerprint density at radius 2 is 0.822 bits per heavy atom. The Morgan fingerprint density at radius 3 is 1.25 bits per heavy atom. The molecule has 5 aliphatic carbocycles. The van der Waals surface area contributed by atoms with Crippen LogP contribution in [-0.4, -0.2) is 171 Å². The summed E-state index contributed by atoms with van der Waals surface area (Å²) in [5.41, 5.74) is 47.3. The number of aryl methyl sites for hydroxylation is 10. The third kappa shape index (κ3) is 15.1. The van der Waals surface area contributed by atoms with Gasteiger partial charge in [0.25, 0.3) is 10.0 Å². The number of amidine groups is 1. The number of aliphatic imine (C=N–C) groups is 1. The van der Waals surface area contributed by atoms with Crippen LogP contribution in [0.1, 0.15) is 179 Å². The average Bonchev–Trinajstić information content (AvgIpc) is 1.74. The van der Waals surface area contributed by atoms with Gasteiger partial charge < -0.3 is 11.1 Å². The second-order valence-electron chi connectivity index (χ2n) is 36.4. The highest BCUT2D eigenvalue weighted by Gasteiger charge is 2.32. The van der Waals surface area contributed by atoms with Crippen molar-refractivity contribution in [3.63, 3.8) is 0 Å². The summed E-state index contributed by atoms with van der Waals surface area (Å²) in [5.74, 6) is 1.67. The van der Waals surface area contributed by atoms with E-state index in [1.54, 1.807) is 12.3 Å². The maximum absolute atomic E-state index is 12.1. The number of benzene rings is 5. The third-order valence-electron chi connectivity index (χ3n) is 28.3. The van der Waals surface area contributed by atoms with Crippen LogP contribution in [-0.2, 0) is 87.3 Å². The molecule has 0 spiro atoms. The number of rotatable bonds is 12. The number of pyridine rings is 5. The number of nitrogens with zero attached hydrogens (tertiary/aromatic N) is 19. The van der Waals surface area contributed by atoms with Gasteiger partial charge in [-0.3, -0.25) is 55.8 Å². The second kappa shape index (κ2) is 35.3. The van der Waals surface area contributed by atoms with Gasteiger partial charge in [0.05, 0.1) is 162 Å². The van der Waals surface area contributed by atoms with Gasteiger partial charge in [-0.05, 0) is 292 Å². The fourth-order valence-electron chi connectivity index (χ4n) is 21.8. The highest BCUT2D eigenvalue weighted by Crippen LogP contribution is 2.47. The van der Waals surface area contributed by atoms with E-state index in [0.717, 1.165) is 304 Å². The SMILES string of the molecule is CCN(CC)Cc1[nH]nc2ccc3nc(-c4cn[nH]c4C)c4c(c3c12)CCCC4.Cc1[nH]ncc1-c1nc2c(C#N)cc3[nH]ncc3c2c2c1CCCC2.Cc1[nH]ncc1-c1nc2ccc3[nH]nc(NC4=NCC=C4)c3c2c2c1CCCC2.Cc1[nH]ncc1-c1nc2ccc3c(cnn3S(C)(=O)=O)c2c2c1CCCC2.Cc1[nH]ncc1-c1nc2ccc3n[nH]c(CN)c3c2c2c1CCCC2. The number of nitrogens with one attached hydrogen (secondary N) is 10. The first-order chi connectivity index (χ1) is 66.0. The molecule has 5 aromatic carbocycles.